The molecular weight excluding hydrogens is 260 g/mol. The summed E-state index contributed by atoms with van der Waals surface area (Å²) < 4.78 is 6.55. The number of pyridine rings is 1. The van der Waals surface area contributed by atoms with E-state index in [0.717, 1.165) is 5.65 Å². The molecule has 2 rings (SSSR count). The SMILES string of the molecule is CCOC(=O)CCC(=O)NCc1nnc2ccccn12. The number of rotatable bonds is 6. The number of aromatic nitrogens is 3. The molecular formula is C13H16N4O3. The predicted molar refractivity (Wildman–Crippen MR) is 70.7 cm³/mol. The van der Waals surface area contributed by atoms with Gasteiger partial charge in [0.15, 0.2) is 11.5 Å². The molecule has 0 unspecified atom stereocenters. The monoisotopic (exact) mass is 276 g/mol. The van der Waals surface area contributed by atoms with Crippen molar-refractivity contribution < 1.29 is 14.3 Å². The molecule has 20 heavy (non-hydrogen) atoms. The van der Waals surface area contributed by atoms with Crippen molar-refractivity contribution in [2.75, 3.05) is 6.61 Å². The van der Waals surface area contributed by atoms with E-state index >= 15 is 0 Å². The van der Waals surface area contributed by atoms with Gasteiger partial charge in [-0.15, -0.1) is 10.2 Å². The number of carbonyl (C=O) groups is 2. The lowest BCUT2D eigenvalue weighted by Gasteiger charge is -2.04. The van der Waals surface area contributed by atoms with Crippen molar-refractivity contribution in [1.82, 2.24) is 19.9 Å². The normalized spacial score (nSPS) is 10.4. The van der Waals surface area contributed by atoms with Gasteiger partial charge in [-0.1, -0.05) is 6.07 Å². The van der Waals surface area contributed by atoms with E-state index in [4.69, 9.17) is 4.74 Å². The lowest BCUT2D eigenvalue weighted by molar-refractivity contribution is -0.144. The van der Waals surface area contributed by atoms with Crippen LogP contribution in [0.4, 0.5) is 0 Å². The van der Waals surface area contributed by atoms with E-state index in [-0.39, 0.29) is 31.3 Å². The Balaban J connectivity index is 1.83. The highest BCUT2D eigenvalue weighted by Gasteiger charge is 2.09. The smallest absolute Gasteiger partial charge is 0.306 e. The number of fused-ring (bicyclic) bond motifs is 1. The van der Waals surface area contributed by atoms with Crippen molar-refractivity contribution >= 4 is 17.5 Å². The third-order valence-electron chi connectivity index (χ3n) is 2.69. The number of nitrogens with zero attached hydrogens (tertiary/aromatic N) is 3. The van der Waals surface area contributed by atoms with Gasteiger partial charge in [-0.2, -0.15) is 0 Å². The number of hydrogen-bond donors (Lipinski definition) is 1. The first kappa shape index (κ1) is 14.0. The van der Waals surface area contributed by atoms with Crippen LogP contribution in [0.25, 0.3) is 5.65 Å². The molecule has 0 aliphatic rings. The molecule has 0 aromatic carbocycles. The Morgan fingerprint density at radius 2 is 2.15 bits per heavy atom. The van der Waals surface area contributed by atoms with Crippen LogP contribution < -0.4 is 5.32 Å². The van der Waals surface area contributed by atoms with Crippen LogP contribution in [0.15, 0.2) is 24.4 Å². The summed E-state index contributed by atoms with van der Waals surface area (Å²) in [5.41, 5.74) is 0.725. The summed E-state index contributed by atoms with van der Waals surface area (Å²) in [6.07, 6.45) is 2.02. The fraction of sp³-hybridized carbons (Fsp3) is 0.385. The molecule has 0 aliphatic carbocycles. The molecule has 0 atom stereocenters. The number of hydrogen-bond acceptors (Lipinski definition) is 5. The third-order valence-corrected chi connectivity index (χ3v) is 2.69. The van der Waals surface area contributed by atoms with Gasteiger partial charge in [0.05, 0.1) is 19.6 Å². The summed E-state index contributed by atoms with van der Waals surface area (Å²) in [7, 11) is 0. The van der Waals surface area contributed by atoms with Crippen molar-refractivity contribution in [1.29, 1.82) is 0 Å². The van der Waals surface area contributed by atoms with Crippen LogP contribution in [0.5, 0.6) is 0 Å². The Morgan fingerprint density at radius 1 is 1.30 bits per heavy atom. The van der Waals surface area contributed by atoms with E-state index < -0.39 is 0 Å². The van der Waals surface area contributed by atoms with Crippen molar-refractivity contribution in [2.24, 2.45) is 0 Å². The standard InChI is InChI=1S/C13H16N4O3/c1-2-20-13(19)7-6-12(18)14-9-11-16-15-10-5-3-4-8-17(10)11/h3-5,8H,2,6-7,9H2,1H3,(H,14,18). The van der Waals surface area contributed by atoms with Gasteiger partial charge in [0, 0.05) is 12.6 Å². The molecule has 106 valence electrons. The summed E-state index contributed by atoms with van der Waals surface area (Å²) in [6.45, 7) is 2.33. The molecule has 7 nitrogen and oxygen atoms in total. The molecule has 0 bridgehead atoms. The van der Waals surface area contributed by atoms with Crippen molar-refractivity contribution in [2.45, 2.75) is 26.3 Å². The summed E-state index contributed by atoms with van der Waals surface area (Å²) in [4.78, 5) is 22.7. The number of nitrogens with one attached hydrogen (secondary N) is 1. The zero-order chi connectivity index (χ0) is 14.4. The number of amides is 1. The summed E-state index contributed by atoms with van der Waals surface area (Å²) in [5, 5.41) is 10.7. The minimum atomic E-state index is -0.365. The molecule has 0 spiro atoms. The van der Waals surface area contributed by atoms with E-state index in [9.17, 15) is 9.59 Å². The molecule has 0 saturated carbocycles. The molecule has 2 aromatic heterocycles. The van der Waals surface area contributed by atoms with Crippen molar-refractivity contribution in [3.63, 3.8) is 0 Å². The number of carbonyl (C=O) groups excluding carboxylic acids is 2. The average Bonchev–Trinajstić information content (AvgIpc) is 2.86. The number of esters is 1. The molecule has 2 aromatic rings. The van der Waals surface area contributed by atoms with Gasteiger partial charge < -0.3 is 10.1 Å². The maximum absolute atomic E-state index is 11.6. The lowest BCUT2D eigenvalue weighted by atomic mass is 10.3. The molecule has 2 heterocycles. The second-order valence-electron chi connectivity index (χ2n) is 4.13. The topological polar surface area (TPSA) is 85.6 Å². The number of ether oxygens (including phenoxy) is 1. The van der Waals surface area contributed by atoms with Crippen LogP contribution in [0.2, 0.25) is 0 Å². The van der Waals surface area contributed by atoms with Gasteiger partial charge in [-0.05, 0) is 19.1 Å². The second kappa shape index (κ2) is 6.65. The largest absolute Gasteiger partial charge is 0.466 e. The first-order valence-electron chi connectivity index (χ1n) is 6.41. The molecule has 7 heteroatoms. The van der Waals surface area contributed by atoms with E-state index in [1.165, 1.54) is 0 Å². The maximum atomic E-state index is 11.6. The summed E-state index contributed by atoms with van der Waals surface area (Å²) in [6, 6.07) is 5.56. The predicted octanol–water partition coefficient (Wildman–Crippen LogP) is 0.689. The average molecular weight is 276 g/mol. The van der Waals surface area contributed by atoms with Crippen LogP contribution in [0, 0.1) is 0 Å². The third kappa shape index (κ3) is 3.53. The van der Waals surface area contributed by atoms with Gasteiger partial charge in [-0.3, -0.25) is 14.0 Å². The van der Waals surface area contributed by atoms with Crippen molar-refractivity contribution in [3.8, 4) is 0 Å². The maximum Gasteiger partial charge on any atom is 0.306 e. The zero-order valence-electron chi connectivity index (χ0n) is 11.2. The Morgan fingerprint density at radius 3 is 2.95 bits per heavy atom. The highest BCUT2D eigenvalue weighted by molar-refractivity contribution is 5.81. The highest BCUT2D eigenvalue weighted by atomic mass is 16.5. The molecule has 0 saturated heterocycles. The van der Waals surface area contributed by atoms with Gasteiger partial charge in [0.2, 0.25) is 5.91 Å². The van der Waals surface area contributed by atoms with Crippen LogP contribution >= 0.6 is 0 Å². The molecule has 0 aliphatic heterocycles. The molecule has 1 N–H and O–H groups in total. The zero-order valence-corrected chi connectivity index (χ0v) is 11.2. The van der Waals surface area contributed by atoms with E-state index in [1.54, 1.807) is 11.3 Å². The van der Waals surface area contributed by atoms with Crippen molar-refractivity contribution in [3.05, 3.63) is 30.2 Å². The lowest BCUT2D eigenvalue weighted by Crippen LogP contribution is -2.24. The second-order valence-corrected chi connectivity index (χ2v) is 4.13. The first-order valence-corrected chi connectivity index (χ1v) is 6.41. The minimum Gasteiger partial charge on any atom is -0.466 e. The van der Waals surface area contributed by atoms with E-state index in [0.29, 0.717) is 12.4 Å². The van der Waals surface area contributed by atoms with Crippen LogP contribution in [-0.4, -0.2) is 33.1 Å². The van der Waals surface area contributed by atoms with Crippen LogP contribution in [-0.2, 0) is 20.9 Å². The van der Waals surface area contributed by atoms with E-state index in [1.807, 2.05) is 24.4 Å². The molecule has 0 fully saturated rings. The fourth-order valence-corrected chi connectivity index (χ4v) is 1.73. The Labute approximate surface area is 115 Å². The highest BCUT2D eigenvalue weighted by Crippen LogP contribution is 2.02. The van der Waals surface area contributed by atoms with Gasteiger partial charge in [-0.25, -0.2) is 0 Å². The Hall–Kier alpha value is -2.44. The van der Waals surface area contributed by atoms with Gasteiger partial charge in [0.25, 0.3) is 0 Å². The van der Waals surface area contributed by atoms with Crippen LogP contribution in [0.3, 0.4) is 0 Å². The Bertz CT molecular complexity index is 608. The first-order chi connectivity index (χ1) is 9.70. The molecule has 1 amide bonds. The Kier molecular flexibility index (Phi) is 4.65. The summed E-state index contributed by atoms with van der Waals surface area (Å²) in [5.74, 6) is 0.0615. The van der Waals surface area contributed by atoms with E-state index in [2.05, 4.69) is 15.5 Å². The molecule has 0 radical (unpaired) electrons. The summed E-state index contributed by atoms with van der Waals surface area (Å²) >= 11 is 0. The van der Waals surface area contributed by atoms with Gasteiger partial charge >= 0.3 is 5.97 Å². The van der Waals surface area contributed by atoms with Crippen LogP contribution in [0.1, 0.15) is 25.6 Å². The quantitative estimate of drug-likeness (QED) is 0.784. The fourth-order valence-electron chi connectivity index (χ4n) is 1.73. The van der Waals surface area contributed by atoms with Gasteiger partial charge in [0.1, 0.15) is 0 Å². The minimum absolute atomic E-state index is 0.0836.